The monoisotopic (exact) mass is 785 g/mol. The van der Waals surface area contributed by atoms with Crippen molar-refractivity contribution >= 4 is 57.6 Å². The van der Waals surface area contributed by atoms with Crippen LogP contribution in [-0.2, 0) is 32.6 Å². The molecule has 0 atom stereocenters. The number of thiazole rings is 1. The number of nitrogens with zero attached hydrogens (tertiary/aromatic N) is 2. The van der Waals surface area contributed by atoms with Crippen LogP contribution >= 0.6 is 29.4 Å². The molecule has 0 unspecified atom stereocenters. The Labute approximate surface area is 327 Å². The number of carbonyl (C=O) groups is 1. The Kier molecular flexibility index (Phi) is 11.0. The van der Waals surface area contributed by atoms with E-state index in [1.54, 1.807) is 0 Å². The maximum atomic E-state index is 13.9. The molecule has 0 bridgehead atoms. The number of benzene rings is 6. The fourth-order valence-corrected chi connectivity index (χ4v) is 8.34. The van der Waals surface area contributed by atoms with Crippen LogP contribution in [0.15, 0.2) is 187 Å². The average Bonchev–Trinajstić information content (AvgIpc) is 3.59. The normalized spacial score (nSPS) is 12.2. The van der Waals surface area contributed by atoms with Gasteiger partial charge in [0.2, 0.25) is 5.60 Å². The van der Waals surface area contributed by atoms with Crippen molar-refractivity contribution in [3.8, 4) is 0 Å². The largest absolute Gasteiger partial charge is 0.374 e. The van der Waals surface area contributed by atoms with Crippen LogP contribution in [0.3, 0.4) is 0 Å². The van der Waals surface area contributed by atoms with Crippen LogP contribution in [0.25, 0.3) is 0 Å². The first-order valence-electron chi connectivity index (χ1n) is 16.9. The summed E-state index contributed by atoms with van der Waals surface area (Å²) in [4.78, 5) is 46.6. The summed E-state index contributed by atoms with van der Waals surface area (Å²) in [6.45, 7) is -4.60. The van der Waals surface area contributed by atoms with Crippen LogP contribution < -0.4 is 5.32 Å². The first kappa shape index (κ1) is 37.1. The van der Waals surface area contributed by atoms with Gasteiger partial charge in [0.05, 0.1) is 0 Å². The van der Waals surface area contributed by atoms with Gasteiger partial charge in [-0.1, -0.05) is 210 Å². The summed E-state index contributed by atoms with van der Waals surface area (Å²) in [5, 5.41) is 8.44. The molecule has 54 heavy (non-hydrogen) atoms. The van der Waals surface area contributed by atoms with E-state index in [9.17, 15) is 14.6 Å². The number of rotatable bonds is 13. The fourth-order valence-electron chi connectivity index (χ4n) is 6.55. The van der Waals surface area contributed by atoms with Gasteiger partial charge in [-0.25, -0.2) is 4.98 Å². The zero-order chi connectivity index (χ0) is 37.6. The maximum Gasteiger partial charge on any atom is 0.269 e. The van der Waals surface area contributed by atoms with E-state index >= 15 is 0 Å². The lowest BCUT2D eigenvalue weighted by molar-refractivity contribution is -0.107. The number of halogens is 1. The van der Waals surface area contributed by atoms with E-state index in [0.717, 1.165) is 28.0 Å². The van der Waals surface area contributed by atoms with Gasteiger partial charge in [0.15, 0.2) is 10.8 Å². The highest BCUT2D eigenvalue weighted by Gasteiger charge is 2.42. The Morgan fingerprint density at radius 3 is 1.30 bits per heavy atom. The zero-order valence-electron chi connectivity index (χ0n) is 28.6. The SMILES string of the molecule is O=C(/C(=N\OC(c1ccccc1)(c1ccccc1)c1ccccc1)c1nc(NC(c2ccccc2)(c2ccccc2)c2ccccc2)sc1Cl)P(O)(O)=S. The van der Waals surface area contributed by atoms with Crippen molar-refractivity contribution in [1.29, 1.82) is 0 Å². The molecule has 268 valence electrons. The van der Waals surface area contributed by atoms with Gasteiger partial charge in [0.1, 0.15) is 15.6 Å². The molecule has 0 aliphatic heterocycles. The minimum Gasteiger partial charge on any atom is -0.374 e. The number of nitrogens with one attached hydrogen (secondary N) is 1. The zero-order valence-corrected chi connectivity index (χ0v) is 31.9. The lowest BCUT2D eigenvalue weighted by Crippen LogP contribution is -2.38. The van der Waals surface area contributed by atoms with Crippen LogP contribution in [0.5, 0.6) is 0 Å². The first-order valence-corrected chi connectivity index (χ1v) is 20.8. The smallest absolute Gasteiger partial charge is 0.269 e. The van der Waals surface area contributed by atoms with Crippen molar-refractivity contribution in [2.45, 2.75) is 11.1 Å². The van der Waals surface area contributed by atoms with Crippen molar-refractivity contribution in [1.82, 2.24) is 4.98 Å². The molecule has 0 saturated heterocycles. The van der Waals surface area contributed by atoms with Crippen LogP contribution in [-0.4, -0.2) is 26.0 Å². The van der Waals surface area contributed by atoms with Crippen LogP contribution in [0.1, 0.15) is 39.1 Å². The van der Waals surface area contributed by atoms with Gasteiger partial charge in [0.25, 0.3) is 12.0 Å². The summed E-state index contributed by atoms with van der Waals surface area (Å²) >= 11 is 13.0. The van der Waals surface area contributed by atoms with Gasteiger partial charge in [-0.2, -0.15) is 0 Å². The molecule has 11 heteroatoms. The van der Waals surface area contributed by atoms with Crippen LogP contribution in [0.2, 0.25) is 4.34 Å². The van der Waals surface area contributed by atoms with Crippen molar-refractivity contribution in [3.63, 3.8) is 0 Å². The lowest BCUT2D eigenvalue weighted by Gasteiger charge is -2.36. The lowest BCUT2D eigenvalue weighted by atomic mass is 9.77. The standard InChI is InChI=1S/C43H33ClN3O4PS2/c44-39-37(45-41(54-39)46-42(31-19-7-1-8-20-31,32-21-9-2-10-22-32)33-23-11-3-12-24-33)38(40(48)52(49,50)53)47-51-43(34-25-13-4-14-26-34,35-27-15-5-16-28-35)36-29-17-6-18-30-36/h1-30H,(H,45,46)(H2,49,50,53)/b47-38-. The van der Waals surface area contributed by atoms with E-state index in [1.807, 2.05) is 182 Å². The maximum absolute atomic E-state index is 13.9. The topological polar surface area (TPSA) is 104 Å². The molecule has 0 spiro atoms. The van der Waals surface area contributed by atoms with E-state index in [0.29, 0.717) is 21.8 Å². The third-order valence-electron chi connectivity index (χ3n) is 9.01. The number of oxime groups is 1. The molecule has 1 heterocycles. The Bertz CT molecular complexity index is 2220. The highest BCUT2D eigenvalue weighted by Crippen LogP contribution is 2.45. The molecule has 0 aliphatic rings. The Hall–Kier alpha value is -5.25. The molecule has 0 saturated carbocycles. The Balaban J connectivity index is 1.41. The van der Waals surface area contributed by atoms with Crippen molar-refractivity contribution in [2.24, 2.45) is 5.16 Å². The number of anilines is 1. The van der Waals surface area contributed by atoms with E-state index in [-0.39, 0.29) is 10.0 Å². The third-order valence-corrected chi connectivity index (χ3v) is 11.4. The molecule has 0 radical (unpaired) electrons. The second-order valence-corrected chi connectivity index (χ2v) is 16.9. The van der Waals surface area contributed by atoms with Gasteiger partial charge in [-0.3, -0.25) is 4.79 Å². The number of hydrogen-bond acceptors (Lipinski definition) is 7. The molecule has 0 amide bonds. The van der Waals surface area contributed by atoms with E-state index in [2.05, 4.69) is 10.5 Å². The van der Waals surface area contributed by atoms with Crippen molar-refractivity contribution in [3.05, 3.63) is 225 Å². The Morgan fingerprint density at radius 1 is 0.630 bits per heavy atom. The van der Waals surface area contributed by atoms with E-state index in [1.165, 1.54) is 0 Å². The average molecular weight is 786 g/mol. The van der Waals surface area contributed by atoms with Crippen LogP contribution in [0, 0.1) is 0 Å². The summed E-state index contributed by atoms with van der Waals surface area (Å²) < 4.78 is 0.0597. The number of aromatic nitrogens is 1. The molecule has 7 rings (SSSR count). The van der Waals surface area contributed by atoms with Crippen LogP contribution in [0.4, 0.5) is 5.13 Å². The quantitative estimate of drug-likeness (QED) is 0.0463. The van der Waals surface area contributed by atoms with Gasteiger partial charge >= 0.3 is 0 Å². The summed E-state index contributed by atoms with van der Waals surface area (Å²) in [7, 11) is 0. The minimum absolute atomic E-state index is 0.0597. The molecule has 0 fully saturated rings. The second-order valence-electron chi connectivity index (χ2n) is 12.3. The van der Waals surface area contributed by atoms with Gasteiger partial charge in [-0.15, -0.1) is 0 Å². The number of hydrogen-bond donors (Lipinski definition) is 3. The third kappa shape index (κ3) is 7.30. The molecule has 3 N–H and O–H groups in total. The summed E-state index contributed by atoms with van der Waals surface area (Å²) in [6, 6.07) is 58.1. The summed E-state index contributed by atoms with van der Waals surface area (Å²) in [6.07, 6.45) is 0. The van der Waals surface area contributed by atoms with E-state index < -0.39 is 28.9 Å². The predicted molar refractivity (Wildman–Crippen MR) is 221 cm³/mol. The molecule has 6 aromatic carbocycles. The second kappa shape index (κ2) is 16.0. The van der Waals surface area contributed by atoms with E-state index in [4.69, 9.17) is 33.2 Å². The fraction of sp³-hybridized carbons (Fsp3) is 0.0465. The highest BCUT2D eigenvalue weighted by atomic mass is 35.5. The Morgan fingerprint density at radius 2 is 0.963 bits per heavy atom. The van der Waals surface area contributed by atoms with Gasteiger partial charge in [-0.05, 0) is 28.5 Å². The molecule has 1 aromatic heterocycles. The first-order chi connectivity index (χ1) is 26.2. The molecule has 7 nitrogen and oxygen atoms in total. The number of carbonyl (C=O) groups excluding carboxylic acids is 1. The van der Waals surface area contributed by atoms with Crippen molar-refractivity contribution < 1.29 is 19.4 Å². The highest BCUT2D eigenvalue weighted by molar-refractivity contribution is 8.17. The minimum atomic E-state index is -4.60. The molecule has 0 aliphatic carbocycles. The van der Waals surface area contributed by atoms with Crippen molar-refractivity contribution in [2.75, 3.05) is 5.32 Å². The van der Waals surface area contributed by atoms with Gasteiger partial charge < -0.3 is 19.9 Å². The molecular formula is C43H33ClN3O4PS2. The molecular weight excluding hydrogens is 753 g/mol. The summed E-state index contributed by atoms with van der Waals surface area (Å²) in [5.74, 6) is 0. The predicted octanol–water partition coefficient (Wildman–Crippen LogP) is 9.73. The summed E-state index contributed by atoms with van der Waals surface area (Å²) in [5.41, 5.74) is 0.657. The van der Waals surface area contributed by atoms with Gasteiger partial charge in [0, 0.05) is 16.7 Å². The molecule has 7 aromatic rings.